The maximum atomic E-state index is 13.1. The highest BCUT2D eigenvalue weighted by molar-refractivity contribution is 9.10. The average Bonchev–Trinajstić information content (AvgIpc) is 3.07. The van der Waals surface area contributed by atoms with Gasteiger partial charge in [-0.3, -0.25) is 9.59 Å². The Balaban J connectivity index is 1.59. The first-order chi connectivity index (χ1) is 15.4. The highest BCUT2D eigenvalue weighted by Crippen LogP contribution is 2.34. The fourth-order valence-electron chi connectivity index (χ4n) is 4.29. The molecule has 0 saturated carbocycles. The van der Waals surface area contributed by atoms with Crippen LogP contribution in [0.15, 0.2) is 65.1 Å². The van der Waals surface area contributed by atoms with Gasteiger partial charge in [-0.15, -0.1) is 0 Å². The molecular formula is C26H23BrClNO3. The van der Waals surface area contributed by atoms with Crippen molar-refractivity contribution in [1.82, 2.24) is 5.32 Å². The van der Waals surface area contributed by atoms with Crippen LogP contribution in [0.4, 0.5) is 0 Å². The zero-order chi connectivity index (χ0) is 22.8. The molecular weight excluding hydrogens is 490 g/mol. The van der Waals surface area contributed by atoms with Gasteiger partial charge in [0, 0.05) is 27.4 Å². The van der Waals surface area contributed by atoms with E-state index < -0.39 is 6.04 Å². The molecule has 2 unspecified atom stereocenters. The summed E-state index contributed by atoms with van der Waals surface area (Å²) in [5, 5.41) is 3.70. The van der Waals surface area contributed by atoms with Gasteiger partial charge in [0.1, 0.15) is 5.75 Å². The first kappa shape index (κ1) is 22.6. The van der Waals surface area contributed by atoms with Gasteiger partial charge in [-0.25, -0.2) is 0 Å². The number of Topliss-reactive ketones (excluding diaryl/α,β-unsaturated/α-hetero) is 1. The van der Waals surface area contributed by atoms with Gasteiger partial charge in [0.2, 0.25) is 5.91 Å². The number of benzene rings is 3. The van der Waals surface area contributed by atoms with Gasteiger partial charge in [0.15, 0.2) is 5.78 Å². The van der Waals surface area contributed by atoms with Crippen LogP contribution >= 0.6 is 27.5 Å². The van der Waals surface area contributed by atoms with E-state index in [1.165, 1.54) is 0 Å². The van der Waals surface area contributed by atoms with Crippen molar-refractivity contribution in [3.8, 4) is 5.75 Å². The molecule has 4 nitrogen and oxygen atoms in total. The summed E-state index contributed by atoms with van der Waals surface area (Å²) in [5.74, 6) is 0.229. The van der Waals surface area contributed by atoms with Crippen LogP contribution in [0.5, 0.6) is 5.75 Å². The predicted octanol–water partition coefficient (Wildman–Crippen LogP) is 6.07. The van der Waals surface area contributed by atoms with Crippen LogP contribution in [0.1, 0.15) is 45.1 Å². The molecule has 2 atom stereocenters. The summed E-state index contributed by atoms with van der Waals surface area (Å²) < 4.78 is 6.26. The largest absolute Gasteiger partial charge is 0.497 e. The average molecular weight is 513 g/mol. The van der Waals surface area contributed by atoms with E-state index in [0.717, 1.165) is 32.5 Å². The third-order valence-corrected chi connectivity index (χ3v) is 6.75. The molecule has 0 bridgehead atoms. The maximum absolute atomic E-state index is 13.1. The number of hydrogen-bond donors (Lipinski definition) is 1. The van der Waals surface area contributed by atoms with Gasteiger partial charge in [-0.2, -0.15) is 0 Å². The SMILES string of the molecule is COc1ccc(C(NC(=O)CC2Cc3cc(Br)ccc3C2=O)c2ccccc2Cl)c(C)c1. The topological polar surface area (TPSA) is 55.4 Å². The molecule has 0 saturated heterocycles. The normalized spacial score (nSPS) is 15.9. The number of ketones is 1. The van der Waals surface area contributed by atoms with E-state index in [1.807, 2.05) is 67.6 Å². The first-order valence-corrected chi connectivity index (χ1v) is 11.6. The van der Waals surface area contributed by atoms with E-state index in [4.69, 9.17) is 16.3 Å². The zero-order valence-electron chi connectivity index (χ0n) is 17.8. The molecule has 0 aromatic heterocycles. The molecule has 0 aliphatic heterocycles. The van der Waals surface area contributed by atoms with Crippen molar-refractivity contribution < 1.29 is 14.3 Å². The molecule has 0 spiro atoms. The quantitative estimate of drug-likeness (QED) is 0.436. The molecule has 6 heteroatoms. The zero-order valence-corrected chi connectivity index (χ0v) is 20.2. The molecule has 0 radical (unpaired) electrons. The van der Waals surface area contributed by atoms with Gasteiger partial charge in [-0.05, 0) is 65.9 Å². The summed E-state index contributed by atoms with van der Waals surface area (Å²) >= 11 is 9.95. The van der Waals surface area contributed by atoms with Crippen LogP contribution in [0.3, 0.4) is 0 Å². The molecule has 0 heterocycles. The lowest BCUT2D eigenvalue weighted by Gasteiger charge is -2.23. The summed E-state index contributed by atoms with van der Waals surface area (Å²) in [6, 6.07) is 18.4. The van der Waals surface area contributed by atoms with Gasteiger partial charge < -0.3 is 10.1 Å². The van der Waals surface area contributed by atoms with E-state index in [9.17, 15) is 9.59 Å². The summed E-state index contributed by atoms with van der Waals surface area (Å²) in [6.45, 7) is 1.98. The number of carbonyl (C=O) groups is 2. The van der Waals surface area contributed by atoms with E-state index in [0.29, 0.717) is 17.0 Å². The molecule has 1 aliphatic carbocycles. The number of halogens is 2. The molecule has 1 N–H and O–H groups in total. The number of rotatable bonds is 6. The van der Waals surface area contributed by atoms with Crippen molar-refractivity contribution in [2.24, 2.45) is 5.92 Å². The number of methoxy groups -OCH3 is 1. The van der Waals surface area contributed by atoms with Crippen LogP contribution < -0.4 is 10.1 Å². The minimum absolute atomic E-state index is 0.0255. The van der Waals surface area contributed by atoms with Gasteiger partial charge in [-0.1, -0.05) is 57.9 Å². The van der Waals surface area contributed by atoms with Crippen LogP contribution in [-0.4, -0.2) is 18.8 Å². The van der Waals surface area contributed by atoms with E-state index in [-0.39, 0.29) is 24.0 Å². The lowest BCUT2D eigenvalue weighted by molar-refractivity contribution is -0.122. The summed E-state index contributed by atoms with van der Waals surface area (Å²) in [6.07, 6.45) is 0.695. The Kier molecular flexibility index (Phi) is 6.68. The van der Waals surface area contributed by atoms with Crippen LogP contribution in [0.2, 0.25) is 5.02 Å². The van der Waals surface area contributed by atoms with Crippen LogP contribution in [0, 0.1) is 12.8 Å². The number of aryl methyl sites for hydroxylation is 1. The highest BCUT2D eigenvalue weighted by Gasteiger charge is 2.33. The van der Waals surface area contributed by atoms with E-state index in [2.05, 4.69) is 21.2 Å². The molecule has 0 fully saturated rings. The van der Waals surface area contributed by atoms with Crippen molar-refractivity contribution in [3.63, 3.8) is 0 Å². The number of amides is 1. The van der Waals surface area contributed by atoms with Crippen molar-refractivity contribution >= 4 is 39.2 Å². The second-order valence-corrected chi connectivity index (χ2v) is 9.34. The second-order valence-electron chi connectivity index (χ2n) is 8.02. The fourth-order valence-corrected chi connectivity index (χ4v) is 4.94. The van der Waals surface area contributed by atoms with Crippen molar-refractivity contribution in [1.29, 1.82) is 0 Å². The third-order valence-electron chi connectivity index (χ3n) is 5.91. The Hall–Kier alpha value is -2.63. The lowest BCUT2D eigenvalue weighted by Crippen LogP contribution is -2.32. The molecule has 1 amide bonds. The fraction of sp³-hybridized carbons (Fsp3) is 0.231. The molecule has 1 aliphatic rings. The molecule has 3 aromatic rings. The van der Waals surface area contributed by atoms with Crippen molar-refractivity contribution in [3.05, 3.63) is 98.0 Å². The minimum atomic E-state index is -0.435. The summed E-state index contributed by atoms with van der Waals surface area (Å²) in [4.78, 5) is 25.9. The maximum Gasteiger partial charge on any atom is 0.221 e. The number of fused-ring (bicyclic) bond motifs is 1. The van der Waals surface area contributed by atoms with Gasteiger partial charge >= 0.3 is 0 Å². The Morgan fingerprint density at radius 2 is 1.94 bits per heavy atom. The molecule has 3 aromatic carbocycles. The van der Waals surface area contributed by atoms with E-state index >= 15 is 0 Å². The Morgan fingerprint density at radius 1 is 1.16 bits per heavy atom. The lowest BCUT2D eigenvalue weighted by atomic mass is 9.93. The van der Waals surface area contributed by atoms with Gasteiger partial charge in [0.25, 0.3) is 0 Å². The standard InChI is InChI=1S/C26H23BrClNO3/c1-15-11-19(32-2)8-10-20(15)25(22-5-3-4-6-23(22)28)29-24(30)14-17-12-16-13-18(27)7-9-21(16)26(17)31/h3-11,13,17,25H,12,14H2,1-2H3,(H,29,30). The number of hydrogen-bond acceptors (Lipinski definition) is 3. The van der Waals surface area contributed by atoms with Crippen LogP contribution in [-0.2, 0) is 11.2 Å². The number of ether oxygens (including phenoxy) is 1. The molecule has 4 rings (SSSR count). The first-order valence-electron chi connectivity index (χ1n) is 10.4. The molecule has 32 heavy (non-hydrogen) atoms. The Labute approximate surface area is 201 Å². The number of nitrogens with one attached hydrogen (secondary N) is 1. The predicted molar refractivity (Wildman–Crippen MR) is 129 cm³/mol. The third kappa shape index (κ3) is 4.59. The smallest absolute Gasteiger partial charge is 0.221 e. The molecule has 164 valence electrons. The minimum Gasteiger partial charge on any atom is -0.497 e. The highest BCUT2D eigenvalue weighted by atomic mass is 79.9. The van der Waals surface area contributed by atoms with Crippen molar-refractivity contribution in [2.75, 3.05) is 7.11 Å². The van der Waals surface area contributed by atoms with Crippen LogP contribution in [0.25, 0.3) is 0 Å². The van der Waals surface area contributed by atoms with Gasteiger partial charge in [0.05, 0.1) is 13.2 Å². The monoisotopic (exact) mass is 511 g/mol. The Morgan fingerprint density at radius 3 is 2.66 bits per heavy atom. The van der Waals surface area contributed by atoms with E-state index in [1.54, 1.807) is 7.11 Å². The van der Waals surface area contributed by atoms with Crippen molar-refractivity contribution in [2.45, 2.75) is 25.8 Å². The number of carbonyl (C=O) groups excluding carboxylic acids is 2. The second kappa shape index (κ2) is 9.47. The summed E-state index contributed by atoms with van der Waals surface area (Å²) in [5.41, 5.74) is 4.40. The Bertz CT molecular complexity index is 1190. The summed E-state index contributed by atoms with van der Waals surface area (Å²) in [7, 11) is 1.62.